The molecule has 0 atom stereocenters. The second-order valence-electron chi connectivity index (χ2n) is 1.75. The highest BCUT2D eigenvalue weighted by atomic mass is 32.2. The summed E-state index contributed by atoms with van der Waals surface area (Å²) in [5, 5.41) is 7.94. The molecule has 6 nitrogen and oxygen atoms in total. The van der Waals surface area contributed by atoms with Crippen LogP contribution in [0.3, 0.4) is 0 Å². The fourth-order valence-corrected chi connectivity index (χ4v) is 0.740. The van der Waals surface area contributed by atoms with Crippen LogP contribution in [0, 0.1) is 0 Å². The van der Waals surface area contributed by atoms with E-state index in [0.717, 1.165) is 0 Å². The number of aromatic nitrogens is 1. The molecule has 1 heterocycles. The Labute approximate surface area is 63.2 Å². The molecule has 0 aromatic carbocycles. The summed E-state index contributed by atoms with van der Waals surface area (Å²) < 4.78 is 29.1. The quantitative estimate of drug-likeness (QED) is 0.666. The highest BCUT2D eigenvalue weighted by Gasteiger charge is 2.04. The zero-order chi connectivity index (χ0) is 8.32. The Hall–Kier alpha value is -0.920. The predicted octanol–water partition coefficient (Wildman–Crippen LogP) is -0.605. The van der Waals surface area contributed by atoms with Gasteiger partial charge < -0.3 is 4.52 Å². The number of hydrogen-bond acceptors (Lipinski definition) is 5. The molecule has 0 bridgehead atoms. The molecular weight excluding hydrogens is 172 g/mol. The summed E-state index contributed by atoms with van der Waals surface area (Å²) in [5.74, 6) is 0. The van der Waals surface area contributed by atoms with Gasteiger partial charge in [-0.2, -0.15) is 8.42 Å². The van der Waals surface area contributed by atoms with Crippen LogP contribution in [0.1, 0.15) is 5.69 Å². The van der Waals surface area contributed by atoms with Gasteiger partial charge in [-0.1, -0.05) is 5.16 Å². The molecule has 0 spiro atoms. The molecule has 0 unspecified atom stereocenters. The SMILES string of the molecule is NS(=O)(=O)OCc1ccon1. The van der Waals surface area contributed by atoms with E-state index in [4.69, 9.17) is 0 Å². The van der Waals surface area contributed by atoms with Crippen molar-refractivity contribution in [2.45, 2.75) is 6.61 Å². The van der Waals surface area contributed by atoms with Crippen molar-refractivity contribution < 1.29 is 17.1 Å². The second-order valence-corrected chi connectivity index (χ2v) is 2.97. The van der Waals surface area contributed by atoms with E-state index in [-0.39, 0.29) is 6.61 Å². The molecule has 0 fully saturated rings. The van der Waals surface area contributed by atoms with Crippen molar-refractivity contribution in [1.82, 2.24) is 5.16 Å². The monoisotopic (exact) mass is 178 g/mol. The smallest absolute Gasteiger partial charge is 0.333 e. The minimum absolute atomic E-state index is 0.199. The average Bonchev–Trinajstić information content (AvgIpc) is 2.32. The maximum absolute atomic E-state index is 10.2. The van der Waals surface area contributed by atoms with Crippen LogP contribution in [-0.2, 0) is 21.1 Å². The third kappa shape index (κ3) is 3.12. The van der Waals surface area contributed by atoms with Gasteiger partial charge in [-0.05, 0) is 0 Å². The molecule has 1 aromatic rings. The van der Waals surface area contributed by atoms with E-state index in [1.807, 2.05) is 0 Å². The summed E-state index contributed by atoms with van der Waals surface area (Å²) in [6.45, 7) is -0.199. The van der Waals surface area contributed by atoms with E-state index >= 15 is 0 Å². The molecule has 0 saturated heterocycles. The van der Waals surface area contributed by atoms with Crippen molar-refractivity contribution in [3.8, 4) is 0 Å². The Kier molecular flexibility index (Phi) is 2.22. The van der Waals surface area contributed by atoms with Crippen molar-refractivity contribution in [2.24, 2.45) is 5.14 Å². The van der Waals surface area contributed by atoms with Gasteiger partial charge in [-0.25, -0.2) is 5.14 Å². The summed E-state index contributed by atoms with van der Waals surface area (Å²) >= 11 is 0. The van der Waals surface area contributed by atoms with E-state index in [1.165, 1.54) is 12.3 Å². The van der Waals surface area contributed by atoms with Gasteiger partial charge in [0.1, 0.15) is 18.6 Å². The van der Waals surface area contributed by atoms with E-state index in [2.05, 4.69) is 19.0 Å². The lowest BCUT2D eigenvalue weighted by Gasteiger charge is -1.94. The molecule has 1 aromatic heterocycles. The number of nitrogens with zero attached hydrogens (tertiary/aromatic N) is 1. The molecule has 0 aliphatic carbocycles. The summed E-state index contributed by atoms with van der Waals surface area (Å²) in [5.41, 5.74) is 0.374. The standard InChI is InChI=1S/C4H6N2O4S/c5-11(7,8)10-3-4-1-2-9-6-4/h1-2H,3H2,(H2,5,7,8). The first-order valence-corrected chi connectivity index (χ1v) is 4.11. The van der Waals surface area contributed by atoms with Crippen molar-refractivity contribution >= 4 is 10.3 Å². The number of nitrogens with two attached hydrogens (primary N) is 1. The predicted molar refractivity (Wildman–Crippen MR) is 34.4 cm³/mol. The first-order valence-electron chi connectivity index (χ1n) is 2.64. The second kappa shape index (κ2) is 2.99. The minimum Gasteiger partial charge on any atom is -0.364 e. The zero-order valence-corrected chi connectivity index (χ0v) is 6.24. The average molecular weight is 178 g/mol. The summed E-state index contributed by atoms with van der Waals surface area (Å²) in [6.07, 6.45) is 1.31. The molecule has 0 amide bonds. The lowest BCUT2D eigenvalue weighted by atomic mass is 10.5. The van der Waals surface area contributed by atoms with E-state index in [0.29, 0.717) is 5.69 Å². The van der Waals surface area contributed by atoms with Gasteiger partial charge in [0.15, 0.2) is 0 Å². The molecule has 11 heavy (non-hydrogen) atoms. The van der Waals surface area contributed by atoms with Crippen LogP contribution >= 0.6 is 0 Å². The first-order chi connectivity index (χ1) is 5.08. The van der Waals surface area contributed by atoms with Crippen LogP contribution in [0.25, 0.3) is 0 Å². The molecule has 0 saturated carbocycles. The van der Waals surface area contributed by atoms with Gasteiger partial charge in [0, 0.05) is 6.07 Å². The first kappa shape index (κ1) is 8.18. The topological polar surface area (TPSA) is 95.4 Å². The van der Waals surface area contributed by atoms with Crippen LogP contribution in [0.5, 0.6) is 0 Å². The van der Waals surface area contributed by atoms with Crippen molar-refractivity contribution in [3.63, 3.8) is 0 Å². The molecule has 0 radical (unpaired) electrons. The summed E-state index contributed by atoms with van der Waals surface area (Å²) in [6, 6.07) is 1.48. The Morgan fingerprint density at radius 3 is 2.91 bits per heavy atom. The van der Waals surface area contributed by atoms with Crippen LogP contribution in [0.4, 0.5) is 0 Å². The highest BCUT2D eigenvalue weighted by molar-refractivity contribution is 7.84. The van der Waals surface area contributed by atoms with Crippen molar-refractivity contribution in [1.29, 1.82) is 0 Å². The molecule has 0 aliphatic heterocycles. The summed E-state index contributed by atoms with van der Waals surface area (Å²) in [7, 11) is -3.88. The highest BCUT2D eigenvalue weighted by Crippen LogP contribution is 1.97. The van der Waals surface area contributed by atoms with Gasteiger partial charge in [0.25, 0.3) is 0 Å². The van der Waals surface area contributed by atoms with E-state index in [9.17, 15) is 8.42 Å². The number of hydrogen-bond donors (Lipinski definition) is 1. The van der Waals surface area contributed by atoms with E-state index < -0.39 is 10.3 Å². The molecule has 1 rings (SSSR count). The van der Waals surface area contributed by atoms with Gasteiger partial charge in [-0.3, -0.25) is 4.18 Å². The van der Waals surface area contributed by atoms with Gasteiger partial charge in [0.05, 0.1) is 0 Å². The Bertz CT molecular complexity index is 303. The molecule has 0 aliphatic rings. The lowest BCUT2D eigenvalue weighted by Crippen LogP contribution is -2.15. The molecule has 2 N–H and O–H groups in total. The fourth-order valence-electron chi connectivity index (χ4n) is 0.454. The fraction of sp³-hybridized carbons (Fsp3) is 0.250. The van der Waals surface area contributed by atoms with Crippen LogP contribution in [-0.4, -0.2) is 13.6 Å². The van der Waals surface area contributed by atoms with Gasteiger partial charge >= 0.3 is 10.3 Å². The largest absolute Gasteiger partial charge is 0.364 e. The lowest BCUT2D eigenvalue weighted by molar-refractivity contribution is 0.293. The Morgan fingerprint density at radius 1 is 1.73 bits per heavy atom. The van der Waals surface area contributed by atoms with Crippen molar-refractivity contribution in [3.05, 3.63) is 18.0 Å². The third-order valence-electron chi connectivity index (χ3n) is 0.862. The van der Waals surface area contributed by atoms with Gasteiger partial charge in [0.2, 0.25) is 0 Å². The van der Waals surface area contributed by atoms with Crippen LogP contribution in [0.15, 0.2) is 16.9 Å². The Balaban J connectivity index is 2.48. The van der Waals surface area contributed by atoms with Crippen LogP contribution < -0.4 is 5.14 Å². The maximum Gasteiger partial charge on any atom is 0.333 e. The normalized spacial score (nSPS) is 11.7. The maximum atomic E-state index is 10.2. The third-order valence-corrected chi connectivity index (χ3v) is 1.31. The molecular formula is C4H6N2O4S. The van der Waals surface area contributed by atoms with Crippen molar-refractivity contribution in [2.75, 3.05) is 0 Å². The van der Waals surface area contributed by atoms with Gasteiger partial charge in [-0.15, -0.1) is 0 Å². The van der Waals surface area contributed by atoms with E-state index in [1.54, 1.807) is 0 Å². The molecule has 62 valence electrons. The number of rotatable bonds is 3. The minimum atomic E-state index is -3.88. The Morgan fingerprint density at radius 2 is 2.45 bits per heavy atom. The molecule has 7 heteroatoms. The zero-order valence-electron chi connectivity index (χ0n) is 5.43. The summed E-state index contributed by atoms with van der Waals surface area (Å²) in [4.78, 5) is 0. The van der Waals surface area contributed by atoms with Crippen LogP contribution in [0.2, 0.25) is 0 Å².